The summed E-state index contributed by atoms with van der Waals surface area (Å²) in [5.41, 5.74) is 0.420. The summed E-state index contributed by atoms with van der Waals surface area (Å²) >= 11 is 0. The number of hydrogen-bond acceptors (Lipinski definition) is 2. The number of carbonyl (C=O) groups is 1. The van der Waals surface area contributed by atoms with Crippen LogP contribution in [0.2, 0.25) is 0 Å². The molecule has 2 rings (SSSR count). The van der Waals surface area contributed by atoms with Crippen LogP contribution in [0.4, 0.5) is 4.39 Å². The molecule has 5 heteroatoms. The maximum absolute atomic E-state index is 14.1. The van der Waals surface area contributed by atoms with Gasteiger partial charge in [0, 0.05) is 31.4 Å². The number of benzene rings is 1. The fourth-order valence-corrected chi connectivity index (χ4v) is 2.24. The van der Waals surface area contributed by atoms with E-state index in [0.717, 1.165) is 0 Å². The molecule has 1 amide bonds. The van der Waals surface area contributed by atoms with Gasteiger partial charge in [-0.3, -0.25) is 4.79 Å². The first-order chi connectivity index (χ1) is 9.99. The monoisotopic (exact) mass is 289 g/mol. The molecule has 21 heavy (non-hydrogen) atoms. The minimum Gasteiger partial charge on any atom is -0.342 e. The summed E-state index contributed by atoms with van der Waals surface area (Å²) in [4.78, 5) is 16.3. The molecule has 1 N–H and O–H groups in total. The van der Waals surface area contributed by atoms with E-state index in [1.807, 2.05) is 20.9 Å². The van der Waals surface area contributed by atoms with Crippen molar-refractivity contribution in [2.45, 2.75) is 26.3 Å². The Morgan fingerprint density at radius 3 is 2.67 bits per heavy atom. The summed E-state index contributed by atoms with van der Waals surface area (Å²) in [6, 6.07) is 5.86. The van der Waals surface area contributed by atoms with Crippen LogP contribution < -0.4 is 5.32 Å². The summed E-state index contributed by atoms with van der Waals surface area (Å²) in [6.45, 7) is 3.94. The van der Waals surface area contributed by atoms with Crippen LogP contribution in [0.3, 0.4) is 0 Å². The van der Waals surface area contributed by atoms with Gasteiger partial charge in [0.2, 0.25) is 5.91 Å². The van der Waals surface area contributed by atoms with Gasteiger partial charge in [0.15, 0.2) is 0 Å². The summed E-state index contributed by atoms with van der Waals surface area (Å²) in [5, 5.41) is 2.89. The maximum Gasteiger partial charge on any atom is 0.221 e. The van der Waals surface area contributed by atoms with E-state index >= 15 is 0 Å². The lowest BCUT2D eigenvalue weighted by atomic mass is 10.0. The molecule has 0 saturated heterocycles. The van der Waals surface area contributed by atoms with Crippen molar-refractivity contribution in [2.75, 3.05) is 0 Å². The molecule has 0 radical (unpaired) electrons. The highest BCUT2D eigenvalue weighted by Crippen LogP contribution is 2.23. The molecule has 2 aromatic rings. The number of rotatable bonds is 5. The number of amides is 1. The van der Waals surface area contributed by atoms with E-state index in [0.29, 0.717) is 17.8 Å². The third-order valence-corrected chi connectivity index (χ3v) is 3.23. The second kappa shape index (κ2) is 6.52. The first kappa shape index (κ1) is 15.2. The van der Waals surface area contributed by atoms with Crippen molar-refractivity contribution in [3.63, 3.8) is 0 Å². The van der Waals surface area contributed by atoms with E-state index in [-0.39, 0.29) is 17.6 Å². The molecular formula is C16H20FN3O. The van der Waals surface area contributed by atoms with Crippen LogP contribution in [0.25, 0.3) is 0 Å². The SMILES string of the molecule is CC(C)CC(=O)NC(c1ccccc1F)c1nccn1C. The third kappa shape index (κ3) is 3.68. The van der Waals surface area contributed by atoms with Gasteiger partial charge in [0.05, 0.1) is 0 Å². The molecule has 0 aliphatic heterocycles. The Kier molecular flexibility index (Phi) is 4.73. The second-order valence-corrected chi connectivity index (χ2v) is 5.52. The molecule has 1 aromatic heterocycles. The normalized spacial score (nSPS) is 12.4. The van der Waals surface area contributed by atoms with Crippen molar-refractivity contribution in [2.24, 2.45) is 13.0 Å². The van der Waals surface area contributed by atoms with Crippen LogP contribution in [-0.4, -0.2) is 15.5 Å². The molecule has 112 valence electrons. The standard InChI is InChI=1S/C16H20FN3O/c1-11(2)10-14(21)19-15(16-18-8-9-20(16)3)12-6-4-5-7-13(12)17/h4-9,11,15H,10H2,1-3H3,(H,19,21). The third-order valence-electron chi connectivity index (χ3n) is 3.23. The van der Waals surface area contributed by atoms with Gasteiger partial charge in [-0.15, -0.1) is 0 Å². The number of hydrogen-bond donors (Lipinski definition) is 1. The zero-order valence-corrected chi connectivity index (χ0v) is 12.5. The van der Waals surface area contributed by atoms with Crippen molar-refractivity contribution < 1.29 is 9.18 Å². The van der Waals surface area contributed by atoms with Gasteiger partial charge in [-0.25, -0.2) is 9.37 Å². The van der Waals surface area contributed by atoms with Crippen LogP contribution in [0.15, 0.2) is 36.7 Å². The number of nitrogens with zero attached hydrogens (tertiary/aromatic N) is 2. The van der Waals surface area contributed by atoms with E-state index < -0.39 is 6.04 Å². The molecule has 0 bridgehead atoms. The fourth-order valence-electron chi connectivity index (χ4n) is 2.24. The number of aromatic nitrogens is 2. The molecule has 0 spiro atoms. The first-order valence-electron chi connectivity index (χ1n) is 7.00. The zero-order valence-electron chi connectivity index (χ0n) is 12.5. The van der Waals surface area contributed by atoms with Crippen LogP contribution in [0.1, 0.15) is 37.7 Å². The predicted molar refractivity (Wildman–Crippen MR) is 79.0 cm³/mol. The number of carbonyl (C=O) groups excluding carboxylic acids is 1. The summed E-state index contributed by atoms with van der Waals surface area (Å²) in [7, 11) is 1.82. The smallest absolute Gasteiger partial charge is 0.221 e. The quantitative estimate of drug-likeness (QED) is 0.920. The molecule has 4 nitrogen and oxygen atoms in total. The maximum atomic E-state index is 14.1. The van der Waals surface area contributed by atoms with Crippen molar-refractivity contribution in [3.8, 4) is 0 Å². The van der Waals surface area contributed by atoms with Crippen LogP contribution >= 0.6 is 0 Å². The van der Waals surface area contributed by atoms with Gasteiger partial charge in [-0.2, -0.15) is 0 Å². The Morgan fingerprint density at radius 2 is 2.10 bits per heavy atom. The fraction of sp³-hybridized carbons (Fsp3) is 0.375. The number of halogens is 1. The Labute approximate surface area is 124 Å². The van der Waals surface area contributed by atoms with E-state index in [9.17, 15) is 9.18 Å². The zero-order chi connectivity index (χ0) is 15.4. The van der Waals surface area contributed by atoms with Gasteiger partial charge >= 0.3 is 0 Å². The van der Waals surface area contributed by atoms with Crippen molar-refractivity contribution in [1.29, 1.82) is 0 Å². The van der Waals surface area contributed by atoms with E-state index in [2.05, 4.69) is 10.3 Å². The molecule has 0 aliphatic carbocycles. The van der Waals surface area contributed by atoms with Gasteiger partial charge in [-0.05, 0) is 12.0 Å². The predicted octanol–water partition coefficient (Wildman–Crippen LogP) is 2.81. The molecule has 1 heterocycles. The van der Waals surface area contributed by atoms with Gasteiger partial charge in [0.25, 0.3) is 0 Å². The second-order valence-electron chi connectivity index (χ2n) is 5.52. The van der Waals surface area contributed by atoms with E-state index in [4.69, 9.17) is 0 Å². The minimum atomic E-state index is -0.586. The topological polar surface area (TPSA) is 46.9 Å². The first-order valence-corrected chi connectivity index (χ1v) is 7.00. The lowest BCUT2D eigenvalue weighted by Gasteiger charge is -2.20. The van der Waals surface area contributed by atoms with E-state index in [1.54, 1.807) is 35.2 Å². The number of nitrogens with one attached hydrogen (secondary N) is 1. The van der Waals surface area contributed by atoms with Crippen LogP contribution in [0, 0.1) is 11.7 Å². The van der Waals surface area contributed by atoms with Gasteiger partial charge in [0.1, 0.15) is 17.7 Å². The number of imidazole rings is 1. The lowest BCUT2D eigenvalue weighted by Crippen LogP contribution is -2.32. The lowest BCUT2D eigenvalue weighted by molar-refractivity contribution is -0.122. The van der Waals surface area contributed by atoms with Crippen molar-refractivity contribution in [3.05, 3.63) is 53.9 Å². The number of aryl methyl sites for hydroxylation is 1. The average Bonchev–Trinajstić information content (AvgIpc) is 2.82. The molecule has 0 aliphatic rings. The molecule has 1 atom stereocenters. The summed E-state index contributed by atoms with van der Waals surface area (Å²) in [5.74, 6) is 0.390. The van der Waals surface area contributed by atoms with Crippen molar-refractivity contribution in [1.82, 2.24) is 14.9 Å². The highest BCUT2D eigenvalue weighted by Gasteiger charge is 2.23. The van der Waals surface area contributed by atoms with Gasteiger partial charge < -0.3 is 9.88 Å². The molecule has 0 saturated carbocycles. The van der Waals surface area contributed by atoms with E-state index in [1.165, 1.54) is 6.07 Å². The highest BCUT2D eigenvalue weighted by atomic mass is 19.1. The molecular weight excluding hydrogens is 269 g/mol. The Hall–Kier alpha value is -2.17. The van der Waals surface area contributed by atoms with Crippen LogP contribution in [-0.2, 0) is 11.8 Å². The Balaban J connectivity index is 2.34. The molecule has 1 unspecified atom stereocenters. The Bertz CT molecular complexity index is 621. The molecule has 0 fully saturated rings. The molecule has 1 aromatic carbocycles. The van der Waals surface area contributed by atoms with Gasteiger partial charge in [-0.1, -0.05) is 32.0 Å². The Morgan fingerprint density at radius 1 is 1.38 bits per heavy atom. The summed E-state index contributed by atoms with van der Waals surface area (Å²) in [6.07, 6.45) is 3.81. The minimum absolute atomic E-state index is 0.110. The largest absolute Gasteiger partial charge is 0.342 e. The highest BCUT2D eigenvalue weighted by molar-refractivity contribution is 5.77. The van der Waals surface area contributed by atoms with Crippen molar-refractivity contribution >= 4 is 5.91 Å². The summed E-state index contributed by atoms with van der Waals surface area (Å²) < 4.78 is 15.9. The average molecular weight is 289 g/mol. The van der Waals surface area contributed by atoms with Crippen LogP contribution in [0.5, 0.6) is 0 Å².